The second-order valence-corrected chi connectivity index (χ2v) is 8.14. The largest absolute Gasteiger partial charge is 0.295 e. The molecule has 1 saturated heterocycles. The Morgan fingerprint density at radius 2 is 1.69 bits per heavy atom. The zero-order chi connectivity index (χ0) is 20.9. The van der Waals surface area contributed by atoms with Crippen LogP contribution in [-0.2, 0) is 14.4 Å². The number of hydrogen-bond donors (Lipinski definition) is 0. The Kier molecular flexibility index (Phi) is 4.68. The van der Waals surface area contributed by atoms with E-state index in [2.05, 4.69) is 0 Å². The van der Waals surface area contributed by atoms with E-state index in [1.165, 1.54) is 18.7 Å². The number of amides is 3. The summed E-state index contributed by atoms with van der Waals surface area (Å²) in [5.74, 6) is -1.56. The first-order chi connectivity index (χ1) is 13.8. The van der Waals surface area contributed by atoms with E-state index in [4.69, 9.17) is 12.2 Å². The summed E-state index contributed by atoms with van der Waals surface area (Å²) in [6.45, 7) is 2.74. The van der Waals surface area contributed by atoms with E-state index in [0.29, 0.717) is 22.5 Å². The van der Waals surface area contributed by atoms with Gasteiger partial charge in [-0.05, 0) is 25.1 Å². The van der Waals surface area contributed by atoms with E-state index < -0.39 is 17.7 Å². The van der Waals surface area contributed by atoms with Crippen LogP contribution in [0, 0.1) is 0 Å². The van der Waals surface area contributed by atoms with E-state index >= 15 is 0 Å². The number of Topliss-reactive ketones (excluding diaryl/α,β-unsaturated/α-hetero) is 1. The zero-order valence-electron chi connectivity index (χ0n) is 15.5. The lowest BCUT2D eigenvalue weighted by molar-refractivity contribution is -0.122. The Bertz CT molecular complexity index is 1170. The van der Waals surface area contributed by atoms with Crippen LogP contribution < -0.4 is 9.80 Å². The molecule has 2 aliphatic heterocycles. The minimum atomic E-state index is -0.545. The van der Waals surface area contributed by atoms with E-state index in [1.54, 1.807) is 48.5 Å². The van der Waals surface area contributed by atoms with E-state index in [-0.39, 0.29) is 20.6 Å². The van der Waals surface area contributed by atoms with Crippen molar-refractivity contribution in [3.8, 4) is 0 Å². The predicted octanol–water partition coefficient (Wildman–Crippen LogP) is 3.56. The Labute approximate surface area is 176 Å². The van der Waals surface area contributed by atoms with Gasteiger partial charge in [-0.1, -0.05) is 54.3 Å². The van der Waals surface area contributed by atoms with Crippen molar-refractivity contribution in [2.24, 2.45) is 0 Å². The molecule has 0 aromatic heterocycles. The van der Waals surface area contributed by atoms with Gasteiger partial charge in [0.2, 0.25) is 5.91 Å². The lowest BCUT2D eigenvalue weighted by Crippen LogP contribution is -2.32. The number of para-hydroxylation sites is 1. The maximum Gasteiger partial charge on any atom is 0.271 e. The van der Waals surface area contributed by atoms with Crippen LogP contribution in [0.4, 0.5) is 11.4 Å². The summed E-state index contributed by atoms with van der Waals surface area (Å²) < 4.78 is 0.254. The highest BCUT2D eigenvalue weighted by Gasteiger charge is 2.43. The standard InChI is InChI=1S/C21H14N2O4S2/c1-11(24)13-6-5-7-14(10-13)23-20(27)18(29-21(23)28)17-15-8-3-4-9-16(15)22(12(2)25)19(17)26/h3-10H,1-2H3. The van der Waals surface area contributed by atoms with E-state index in [0.717, 1.165) is 16.7 Å². The van der Waals surface area contributed by atoms with Gasteiger partial charge in [-0.3, -0.25) is 24.1 Å². The van der Waals surface area contributed by atoms with Crippen LogP contribution >= 0.6 is 24.0 Å². The SMILES string of the molecule is CC(=O)c1cccc(N2C(=O)C(=C3C(=O)N(C(C)=O)c4ccccc43)SC2=S)c1. The molecule has 0 atom stereocenters. The first kappa shape index (κ1) is 19.2. The van der Waals surface area contributed by atoms with Crippen LogP contribution in [0.2, 0.25) is 0 Å². The summed E-state index contributed by atoms with van der Waals surface area (Å²) in [7, 11) is 0. The fourth-order valence-corrected chi connectivity index (χ4v) is 4.72. The zero-order valence-corrected chi connectivity index (χ0v) is 17.1. The quantitative estimate of drug-likeness (QED) is 0.419. The number of anilines is 2. The van der Waals surface area contributed by atoms with E-state index in [9.17, 15) is 19.2 Å². The van der Waals surface area contributed by atoms with Gasteiger partial charge in [0.05, 0.1) is 21.9 Å². The number of nitrogens with zero attached hydrogens (tertiary/aromatic N) is 2. The summed E-state index contributed by atoms with van der Waals surface area (Å²) in [6, 6.07) is 13.4. The van der Waals surface area contributed by atoms with Crippen molar-refractivity contribution in [3.63, 3.8) is 0 Å². The molecule has 0 aliphatic carbocycles. The average molecular weight is 422 g/mol. The summed E-state index contributed by atoms with van der Waals surface area (Å²) in [6.07, 6.45) is 0. The summed E-state index contributed by atoms with van der Waals surface area (Å²) >= 11 is 6.41. The molecule has 0 radical (unpaired) electrons. The number of carbonyl (C=O) groups excluding carboxylic acids is 4. The molecule has 0 bridgehead atoms. The number of benzene rings is 2. The molecule has 2 aromatic rings. The molecule has 0 unspecified atom stereocenters. The highest BCUT2D eigenvalue weighted by molar-refractivity contribution is 8.27. The van der Waals surface area contributed by atoms with Gasteiger partial charge in [0.1, 0.15) is 0 Å². The number of thioether (sulfide) groups is 1. The Hall–Kier alpha value is -3.10. The lowest BCUT2D eigenvalue weighted by Gasteiger charge is -2.15. The second kappa shape index (κ2) is 7.06. The molecule has 3 amide bonds. The van der Waals surface area contributed by atoms with Gasteiger partial charge < -0.3 is 0 Å². The van der Waals surface area contributed by atoms with Gasteiger partial charge in [-0.2, -0.15) is 0 Å². The topological polar surface area (TPSA) is 74.8 Å². The van der Waals surface area contributed by atoms with Crippen molar-refractivity contribution < 1.29 is 19.2 Å². The third-order valence-corrected chi connectivity index (χ3v) is 6.03. The van der Waals surface area contributed by atoms with Crippen LogP contribution in [0.15, 0.2) is 53.4 Å². The van der Waals surface area contributed by atoms with Crippen molar-refractivity contribution in [1.29, 1.82) is 0 Å². The van der Waals surface area contributed by atoms with Gasteiger partial charge in [-0.15, -0.1) is 0 Å². The van der Waals surface area contributed by atoms with Crippen LogP contribution in [0.3, 0.4) is 0 Å². The van der Waals surface area contributed by atoms with Crippen molar-refractivity contribution in [1.82, 2.24) is 0 Å². The maximum absolute atomic E-state index is 13.2. The molecule has 6 nitrogen and oxygen atoms in total. The van der Waals surface area contributed by atoms with Crippen molar-refractivity contribution in [2.75, 3.05) is 9.80 Å². The Balaban J connectivity index is 1.84. The molecule has 2 aromatic carbocycles. The van der Waals surface area contributed by atoms with E-state index in [1.807, 2.05) is 0 Å². The fraction of sp³-hybridized carbons (Fsp3) is 0.0952. The predicted molar refractivity (Wildman–Crippen MR) is 116 cm³/mol. The van der Waals surface area contributed by atoms with Crippen molar-refractivity contribution in [2.45, 2.75) is 13.8 Å². The van der Waals surface area contributed by atoms with Crippen molar-refractivity contribution >= 4 is 68.8 Å². The third-order valence-electron chi connectivity index (χ3n) is 4.65. The second-order valence-electron chi connectivity index (χ2n) is 6.50. The van der Waals surface area contributed by atoms with Gasteiger partial charge in [0, 0.05) is 18.1 Å². The molecule has 29 heavy (non-hydrogen) atoms. The summed E-state index contributed by atoms with van der Waals surface area (Å²) in [5, 5.41) is 0. The summed E-state index contributed by atoms with van der Waals surface area (Å²) in [4.78, 5) is 52.5. The molecule has 144 valence electrons. The van der Waals surface area contributed by atoms with Crippen LogP contribution in [0.5, 0.6) is 0 Å². The molecule has 2 aliphatic rings. The number of ketones is 1. The van der Waals surface area contributed by atoms with Crippen molar-refractivity contribution in [3.05, 3.63) is 64.6 Å². The minimum absolute atomic E-state index is 0.132. The number of thiocarbonyl (C=S) groups is 1. The molecule has 0 saturated carbocycles. The third kappa shape index (κ3) is 3.01. The number of carbonyl (C=O) groups is 4. The maximum atomic E-state index is 13.2. The first-order valence-corrected chi connectivity index (χ1v) is 9.89. The molecular weight excluding hydrogens is 408 g/mol. The monoisotopic (exact) mass is 422 g/mol. The molecule has 8 heteroatoms. The highest BCUT2D eigenvalue weighted by Crippen LogP contribution is 2.45. The summed E-state index contributed by atoms with van der Waals surface area (Å²) in [5.41, 5.74) is 2.04. The number of hydrogen-bond acceptors (Lipinski definition) is 6. The highest BCUT2D eigenvalue weighted by atomic mass is 32.2. The van der Waals surface area contributed by atoms with Gasteiger partial charge in [0.25, 0.3) is 11.8 Å². The molecular formula is C21H14N2O4S2. The van der Waals surface area contributed by atoms with Crippen LogP contribution in [-0.4, -0.2) is 27.8 Å². The van der Waals surface area contributed by atoms with Gasteiger partial charge in [-0.25, -0.2) is 4.90 Å². The molecule has 4 rings (SSSR count). The normalized spacial score (nSPS) is 18.5. The Morgan fingerprint density at radius 1 is 0.966 bits per heavy atom. The number of fused-ring (bicyclic) bond motifs is 1. The number of rotatable bonds is 2. The Morgan fingerprint density at radius 3 is 2.38 bits per heavy atom. The molecule has 1 fully saturated rings. The molecule has 2 heterocycles. The van der Waals surface area contributed by atoms with Gasteiger partial charge >= 0.3 is 0 Å². The molecule has 0 spiro atoms. The number of imide groups is 1. The smallest absolute Gasteiger partial charge is 0.271 e. The van der Waals surface area contributed by atoms with Crippen LogP contribution in [0.1, 0.15) is 29.8 Å². The lowest BCUT2D eigenvalue weighted by atomic mass is 10.1. The minimum Gasteiger partial charge on any atom is -0.295 e. The van der Waals surface area contributed by atoms with Gasteiger partial charge in [0.15, 0.2) is 10.1 Å². The first-order valence-electron chi connectivity index (χ1n) is 8.67. The fourth-order valence-electron chi connectivity index (χ4n) is 3.35. The van der Waals surface area contributed by atoms with Crippen LogP contribution in [0.25, 0.3) is 5.57 Å². The average Bonchev–Trinajstić information content (AvgIpc) is 3.13. The molecule has 0 N–H and O–H groups in total.